The number of benzene rings is 1. The van der Waals surface area contributed by atoms with E-state index in [1.807, 2.05) is 12.3 Å². The third kappa shape index (κ3) is 3.14. The molecule has 1 aromatic carbocycles. The maximum absolute atomic E-state index is 12.9. The van der Waals surface area contributed by atoms with Gasteiger partial charge in [-0.1, -0.05) is 6.92 Å². The molecule has 0 spiro atoms. The zero-order valence-corrected chi connectivity index (χ0v) is 12.3. The molecule has 2 N–H and O–H groups in total. The quantitative estimate of drug-likeness (QED) is 0.938. The lowest BCUT2D eigenvalue weighted by atomic mass is 9.90. The van der Waals surface area contributed by atoms with Gasteiger partial charge in [0.15, 0.2) is 0 Å². The number of nitrogens with zero attached hydrogens (tertiary/aromatic N) is 3. The third-order valence-electron chi connectivity index (χ3n) is 4.25. The second kappa shape index (κ2) is 5.58. The monoisotopic (exact) mass is 288 g/mol. The van der Waals surface area contributed by atoms with Crippen molar-refractivity contribution in [2.75, 3.05) is 19.6 Å². The summed E-state index contributed by atoms with van der Waals surface area (Å²) in [5.41, 5.74) is 7.97. The highest BCUT2D eigenvalue weighted by Crippen LogP contribution is 2.29. The molecule has 0 saturated carbocycles. The largest absolute Gasteiger partial charge is 0.330 e. The van der Waals surface area contributed by atoms with Crippen LogP contribution in [0.2, 0.25) is 0 Å². The molecule has 0 bridgehead atoms. The molecule has 4 nitrogen and oxygen atoms in total. The van der Waals surface area contributed by atoms with E-state index in [-0.39, 0.29) is 11.2 Å². The first kappa shape index (κ1) is 14.2. The van der Waals surface area contributed by atoms with Gasteiger partial charge < -0.3 is 5.73 Å². The van der Waals surface area contributed by atoms with Gasteiger partial charge in [0.2, 0.25) is 0 Å². The molecule has 21 heavy (non-hydrogen) atoms. The number of halogens is 1. The Morgan fingerprint density at radius 1 is 1.29 bits per heavy atom. The molecule has 2 aromatic rings. The fraction of sp³-hybridized carbons (Fsp3) is 0.438. The van der Waals surface area contributed by atoms with Gasteiger partial charge in [-0.15, -0.1) is 0 Å². The average molecular weight is 288 g/mol. The van der Waals surface area contributed by atoms with Crippen LogP contribution >= 0.6 is 0 Å². The zero-order chi connectivity index (χ0) is 14.9. The van der Waals surface area contributed by atoms with E-state index >= 15 is 0 Å². The van der Waals surface area contributed by atoms with Crippen LogP contribution in [0.15, 0.2) is 36.5 Å². The van der Waals surface area contributed by atoms with Gasteiger partial charge in [-0.05, 0) is 55.3 Å². The van der Waals surface area contributed by atoms with Crippen LogP contribution in [0.1, 0.15) is 19.0 Å². The maximum atomic E-state index is 12.9. The Morgan fingerprint density at radius 2 is 2.05 bits per heavy atom. The summed E-state index contributed by atoms with van der Waals surface area (Å²) in [5, 5.41) is 4.57. The first-order chi connectivity index (χ1) is 10.1. The molecule has 0 radical (unpaired) electrons. The maximum Gasteiger partial charge on any atom is 0.123 e. The van der Waals surface area contributed by atoms with Crippen molar-refractivity contribution < 1.29 is 4.39 Å². The molecule has 5 heteroatoms. The van der Waals surface area contributed by atoms with Gasteiger partial charge >= 0.3 is 0 Å². The van der Waals surface area contributed by atoms with Gasteiger partial charge in [0, 0.05) is 19.3 Å². The van der Waals surface area contributed by atoms with Crippen LogP contribution in [0.5, 0.6) is 0 Å². The summed E-state index contributed by atoms with van der Waals surface area (Å²) in [6.07, 6.45) is 3.06. The van der Waals surface area contributed by atoms with E-state index in [1.165, 1.54) is 12.1 Å². The van der Waals surface area contributed by atoms with Crippen molar-refractivity contribution in [1.82, 2.24) is 14.7 Å². The van der Waals surface area contributed by atoms with Crippen LogP contribution in [0, 0.1) is 11.2 Å². The predicted molar refractivity (Wildman–Crippen MR) is 80.6 cm³/mol. The second-order valence-corrected chi connectivity index (χ2v) is 6.20. The van der Waals surface area contributed by atoms with E-state index in [9.17, 15) is 4.39 Å². The molecule has 112 valence electrons. The molecule has 1 unspecified atom stereocenters. The average Bonchev–Trinajstić information content (AvgIpc) is 3.08. The summed E-state index contributed by atoms with van der Waals surface area (Å²) in [4.78, 5) is 2.39. The van der Waals surface area contributed by atoms with Crippen LogP contribution < -0.4 is 5.73 Å². The van der Waals surface area contributed by atoms with Gasteiger partial charge in [0.1, 0.15) is 5.82 Å². The highest BCUT2D eigenvalue weighted by Gasteiger charge is 2.32. The van der Waals surface area contributed by atoms with Gasteiger partial charge in [0.05, 0.1) is 11.4 Å². The highest BCUT2D eigenvalue weighted by molar-refractivity contribution is 5.31. The topological polar surface area (TPSA) is 47.1 Å². The fourth-order valence-electron chi connectivity index (χ4n) is 2.84. The van der Waals surface area contributed by atoms with E-state index < -0.39 is 0 Å². The van der Waals surface area contributed by atoms with Crippen molar-refractivity contribution >= 4 is 0 Å². The highest BCUT2D eigenvalue weighted by atomic mass is 19.1. The number of nitrogens with two attached hydrogens (primary N) is 1. The molecular weight excluding hydrogens is 267 g/mol. The molecule has 3 rings (SSSR count). The van der Waals surface area contributed by atoms with Crippen molar-refractivity contribution in [2.45, 2.75) is 19.9 Å². The molecule has 0 amide bonds. The summed E-state index contributed by atoms with van der Waals surface area (Å²) in [6.45, 7) is 5.89. The first-order valence-electron chi connectivity index (χ1n) is 7.31. The minimum absolute atomic E-state index is 0.232. The van der Waals surface area contributed by atoms with Gasteiger partial charge in [0.25, 0.3) is 0 Å². The lowest BCUT2D eigenvalue weighted by Crippen LogP contribution is -2.31. The van der Waals surface area contributed by atoms with E-state index in [1.54, 1.807) is 16.8 Å². The zero-order valence-electron chi connectivity index (χ0n) is 12.3. The Bertz CT molecular complexity index is 607. The lowest BCUT2D eigenvalue weighted by molar-refractivity contribution is 0.271. The standard InChI is InChI=1S/C16H21FN4/c1-16(11-18)7-9-20(12-16)10-14-6-8-21(19-14)15-4-2-13(17)3-5-15/h2-6,8H,7,9-12,18H2,1H3. The number of aromatic nitrogens is 2. The summed E-state index contributed by atoms with van der Waals surface area (Å²) in [6, 6.07) is 8.37. The van der Waals surface area contributed by atoms with Crippen molar-refractivity contribution in [2.24, 2.45) is 11.1 Å². The van der Waals surface area contributed by atoms with Crippen molar-refractivity contribution in [1.29, 1.82) is 0 Å². The molecule has 1 aromatic heterocycles. The number of rotatable bonds is 4. The Morgan fingerprint density at radius 3 is 2.71 bits per heavy atom. The molecule has 1 fully saturated rings. The third-order valence-corrected chi connectivity index (χ3v) is 4.25. The molecule has 1 atom stereocenters. The van der Waals surface area contributed by atoms with Crippen LogP contribution in [0.4, 0.5) is 4.39 Å². The molecular formula is C16H21FN4. The SMILES string of the molecule is CC1(CN)CCN(Cc2ccn(-c3ccc(F)cc3)n2)C1. The summed E-state index contributed by atoms with van der Waals surface area (Å²) in [7, 11) is 0. The normalized spacial score (nSPS) is 22.8. The van der Waals surface area contributed by atoms with Crippen LogP contribution in [0.3, 0.4) is 0 Å². The molecule has 0 aliphatic carbocycles. The Labute approximate surface area is 124 Å². The molecule has 1 aliphatic rings. The molecule has 2 heterocycles. The van der Waals surface area contributed by atoms with Crippen LogP contribution in [-0.2, 0) is 6.54 Å². The Hall–Kier alpha value is -1.72. The number of hydrogen-bond acceptors (Lipinski definition) is 3. The summed E-state index contributed by atoms with van der Waals surface area (Å²) >= 11 is 0. The molecule has 1 saturated heterocycles. The number of likely N-dealkylation sites (tertiary alicyclic amines) is 1. The number of hydrogen-bond donors (Lipinski definition) is 1. The summed E-state index contributed by atoms with van der Waals surface area (Å²) in [5.74, 6) is -0.232. The van der Waals surface area contributed by atoms with E-state index in [4.69, 9.17) is 5.73 Å². The Balaban J connectivity index is 1.67. The minimum Gasteiger partial charge on any atom is -0.330 e. The van der Waals surface area contributed by atoms with Gasteiger partial charge in [-0.3, -0.25) is 4.90 Å². The fourth-order valence-corrected chi connectivity index (χ4v) is 2.84. The summed E-state index contributed by atoms with van der Waals surface area (Å²) < 4.78 is 14.7. The van der Waals surface area contributed by atoms with E-state index in [2.05, 4.69) is 16.9 Å². The van der Waals surface area contributed by atoms with E-state index in [0.717, 1.165) is 44.0 Å². The van der Waals surface area contributed by atoms with Crippen molar-refractivity contribution in [3.05, 3.63) is 48.0 Å². The predicted octanol–water partition coefficient (Wildman–Crippen LogP) is 2.18. The van der Waals surface area contributed by atoms with Crippen molar-refractivity contribution in [3.63, 3.8) is 0 Å². The van der Waals surface area contributed by atoms with E-state index in [0.29, 0.717) is 0 Å². The van der Waals surface area contributed by atoms with Crippen LogP contribution in [-0.4, -0.2) is 34.3 Å². The second-order valence-electron chi connectivity index (χ2n) is 6.20. The van der Waals surface area contributed by atoms with Crippen molar-refractivity contribution in [3.8, 4) is 5.69 Å². The smallest absolute Gasteiger partial charge is 0.123 e. The lowest BCUT2D eigenvalue weighted by Gasteiger charge is -2.22. The minimum atomic E-state index is -0.232. The Kier molecular flexibility index (Phi) is 3.78. The van der Waals surface area contributed by atoms with Gasteiger partial charge in [-0.25, -0.2) is 9.07 Å². The first-order valence-corrected chi connectivity index (χ1v) is 7.31. The van der Waals surface area contributed by atoms with Crippen LogP contribution in [0.25, 0.3) is 5.69 Å². The molecule has 1 aliphatic heterocycles. The van der Waals surface area contributed by atoms with Gasteiger partial charge in [-0.2, -0.15) is 5.10 Å².